The molecule has 1 aromatic heterocycles. The second-order valence-corrected chi connectivity index (χ2v) is 7.41. The maximum absolute atomic E-state index is 4.69. The number of rotatable bonds is 5. The van der Waals surface area contributed by atoms with E-state index >= 15 is 0 Å². The van der Waals surface area contributed by atoms with Crippen LogP contribution in [0.15, 0.2) is 24.3 Å². The van der Waals surface area contributed by atoms with Crippen LogP contribution in [0, 0.1) is 11.8 Å². The Labute approximate surface area is 136 Å². The lowest BCUT2D eigenvalue weighted by molar-refractivity contribution is 0.243. The second kappa shape index (κ2) is 6.14. The highest BCUT2D eigenvalue weighted by Gasteiger charge is 2.37. The maximum Gasteiger partial charge on any atom is 0.150 e. The molecule has 4 rings (SSSR count). The molecule has 2 heterocycles. The van der Waals surface area contributed by atoms with E-state index in [2.05, 4.69) is 46.4 Å². The SMILES string of the molecule is CNCC1CC1CN1CCN(c2nsc3ccccc23)CC1. The molecule has 2 fully saturated rings. The number of nitrogens with one attached hydrogen (secondary N) is 1. The quantitative estimate of drug-likeness (QED) is 0.917. The third-order valence-electron chi connectivity index (χ3n) is 5.06. The number of aromatic nitrogens is 1. The van der Waals surface area contributed by atoms with Gasteiger partial charge in [0.05, 0.1) is 4.70 Å². The van der Waals surface area contributed by atoms with Gasteiger partial charge in [0.25, 0.3) is 0 Å². The number of benzene rings is 1. The van der Waals surface area contributed by atoms with Crippen LogP contribution in [0.4, 0.5) is 5.82 Å². The van der Waals surface area contributed by atoms with E-state index in [1.54, 1.807) is 11.5 Å². The van der Waals surface area contributed by atoms with E-state index in [0.29, 0.717) is 0 Å². The molecule has 1 saturated heterocycles. The minimum Gasteiger partial charge on any atom is -0.353 e. The van der Waals surface area contributed by atoms with Gasteiger partial charge in [-0.2, -0.15) is 4.37 Å². The van der Waals surface area contributed by atoms with Crippen LogP contribution in [0.25, 0.3) is 10.1 Å². The number of piperazine rings is 1. The first-order chi connectivity index (χ1) is 10.8. The highest BCUT2D eigenvalue weighted by molar-refractivity contribution is 7.13. The molecule has 5 heteroatoms. The molecule has 2 aliphatic rings. The Hall–Kier alpha value is -1.17. The van der Waals surface area contributed by atoms with Gasteiger partial charge in [-0.15, -0.1) is 0 Å². The van der Waals surface area contributed by atoms with Crippen molar-refractivity contribution in [1.29, 1.82) is 0 Å². The van der Waals surface area contributed by atoms with Crippen LogP contribution in [-0.4, -0.2) is 55.6 Å². The summed E-state index contributed by atoms with van der Waals surface area (Å²) in [6.45, 7) is 7.05. The van der Waals surface area contributed by atoms with E-state index < -0.39 is 0 Å². The average molecular weight is 316 g/mol. The molecule has 0 radical (unpaired) electrons. The number of hydrogen-bond donors (Lipinski definition) is 1. The molecule has 1 aromatic carbocycles. The Morgan fingerprint density at radius 3 is 2.82 bits per heavy atom. The Bertz CT molecular complexity index is 632. The van der Waals surface area contributed by atoms with Gasteiger partial charge in [-0.25, -0.2) is 0 Å². The van der Waals surface area contributed by atoms with Gasteiger partial charge in [0.1, 0.15) is 5.82 Å². The zero-order valence-electron chi connectivity index (χ0n) is 13.2. The van der Waals surface area contributed by atoms with Crippen molar-refractivity contribution in [2.45, 2.75) is 6.42 Å². The van der Waals surface area contributed by atoms with Crippen LogP contribution >= 0.6 is 11.5 Å². The Kier molecular flexibility index (Phi) is 4.03. The Morgan fingerprint density at radius 1 is 1.18 bits per heavy atom. The van der Waals surface area contributed by atoms with Gasteiger partial charge >= 0.3 is 0 Å². The van der Waals surface area contributed by atoms with E-state index in [0.717, 1.165) is 24.9 Å². The van der Waals surface area contributed by atoms with E-state index in [1.165, 1.54) is 48.5 Å². The summed E-state index contributed by atoms with van der Waals surface area (Å²) in [4.78, 5) is 5.11. The van der Waals surface area contributed by atoms with Crippen molar-refractivity contribution in [2.24, 2.45) is 11.8 Å². The van der Waals surface area contributed by atoms with Crippen molar-refractivity contribution in [2.75, 3.05) is 51.2 Å². The second-order valence-electron chi connectivity index (χ2n) is 6.60. The van der Waals surface area contributed by atoms with Gasteiger partial charge in [0, 0.05) is 38.1 Å². The molecule has 1 aliphatic heterocycles. The van der Waals surface area contributed by atoms with Crippen LogP contribution in [0.3, 0.4) is 0 Å². The lowest BCUT2D eigenvalue weighted by atomic mass is 10.2. The highest BCUT2D eigenvalue weighted by atomic mass is 32.1. The number of anilines is 1. The van der Waals surface area contributed by atoms with Crippen LogP contribution in [0.5, 0.6) is 0 Å². The molecular formula is C17H24N4S. The summed E-state index contributed by atoms with van der Waals surface area (Å²) in [5.41, 5.74) is 0. The zero-order valence-corrected chi connectivity index (χ0v) is 14.0. The summed E-state index contributed by atoms with van der Waals surface area (Å²) >= 11 is 1.62. The van der Waals surface area contributed by atoms with Gasteiger partial charge in [0.2, 0.25) is 0 Å². The average Bonchev–Trinajstić information content (AvgIpc) is 3.12. The smallest absolute Gasteiger partial charge is 0.150 e. The Morgan fingerprint density at radius 2 is 2.00 bits per heavy atom. The minimum atomic E-state index is 0.922. The summed E-state index contributed by atoms with van der Waals surface area (Å²) < 4.78 is 5.99. The molecule has 0 spiro atoms. The van der Waals surface area contributed by atoms with E-state index in [9.17, 15) is 0 Å². The molecule has 2 atom stereocenters. The molecule has 0 bridgehead atoms. The molecule has 1 aliphatic carbocycles. The van der Waals surface area contributed by atoms with Gasteiger partial charge in [-0.1, -0.05) is 12.1 Å². The highest BCUT2D eigenvalue weighted by Crippen LogP contribution is 2.38. The third-order valence-corrected chi connectivity index (χ3v) is 5.88. The molecule has 0 amide bonds. The summed E-state index contributed by atoms with van der Waals surface area (Å²) in [6, 6.07) is 8.58. The van der Waals surface area contributed by atoms with Gasteiger partial charge in [-0.3, -0.25) is 4.90 Å². The molecule has 2 aromatic rings. The Balaban J connectivity index is 1.34. The molecular weight excluding hydrogens is 292 g/mol. The normalized spacial score (nSPS) is 25.8. The van der Waals surface area contributed by atoms with Gasteiger partial charge < -0.3 is 10.2 Å². The molecule has 22 heavy (non-hydrogen) atoms. The van der Waals surface area contributed by atoms with Crippen LogP contribution in [0.1, 0.15) is 6.42 Å². The van der Waals surface area contributed by atoms with Gasteiger partial charge in [-0.05, 0) is 55.5 Å². The maximum atomic E-state index is 4.69. The summed E-state index contributed by atoms with van der Waals surface area (Å²) in [7, 11) is 2.06. The van der Waals surface area contributed by atoms with E-state index in [4.69, 9.17) is 4.37 Å². The first kappa shape index (κ1) is 14.4. The third kappa shape index (κ3) is 2.85. The van der Waals surface area contributed by atoms with Crippen LogP contribution < -0.4 is 10.2 Å². The van der Waals surface area contributed by atoms with Gasteiger partial charge in [0.15, 0.2) is 0 Å². The summed E-state index contributed by atoms with van der Waals surface area (Å²) in [5, 5.41) is 4.62. The standard InChI is InChI=1S/C17H24N4S/c1-18-11-13-10-14(13)12-20-6-8-21(9-7-20)17-15-4-2-3-5-16(15)22-19-17/h2-5,13-14,18H,6-12H2,1H3. The predicted octanol–water partition coefficient (Wildman–Crippen LogP) is 2.27. The van der Waals surface area contributed by atoms with Crippen molar-refractivity contribution in [3.63, 3.8) is 0 Å². The molecule has 4 nitrogen and oxygen atoms in total. The summed E-state index contributed by atoms with van der Waals surface area (Å²) in [6.07, 6.45) is 1.41. The van der Waals surface area contributed by atoms with Crippen molar-refractivity contribution in [3.05, 3.63) is 24.3 Å². The van der Waals surface area contributed by atoms with Crippen LogP contribution in [0.2, 0.25) is 0 Å². The number of nitrogens with zero attached hydrogens (tertiary/aromatic N) is 3. The lowest BCUT2D eigenvalue weighted by Gasteiger charge is -2.35. The first-order valence-electron chi connectivity index (χ1n) is 8.31. The summed E-state index contributed by atoms with van der Waals surface area (Å²) in [5.74, 6) is 3.05. The number of fused-ring (bicyclic) bond motifs is 1. The van der Waals surface area contributed by atoms with Crippen molar-refractivity contribution < 1.29 is 0 Å². The fourth-order valence-corrected chi connectivity index (χ4v) is 4.42. The predicted molar refractivity (Wildman–Crippen MR) is 93.8 cm³/mol. The fraction of sp³-hybridized carbons (Fsp3) is 0.588. The molecule has 1 N–H and O–H groups in total. The van der Waals surface area contributed by atoms with Crippen molar-refractivity contribution >= 4 is 27.4 Å². The van der Waals surface area contributed by atoms with E-state index in [-0.39, 0.29) is 0 Å². The molecule has 2 unspecified atom stereocenters. The largest absolute Gasteiger partial charge is 0.353 e. The zero-order chi connectivity index (χ0) is 14.9. The van der Waals surface area contributed by atoms with Crippen molar-refractivity contribution in [1.82, 2.24) is 14.6 Å². The van der Waals surface area contributed by atoms with Crippen molar-refractivity contribution in [3.8, 4) is 0 Å². The monoisotopic (exact) mass is 316 g/mol. The molecule has 1 saturated carbocycles. The topological polar surface area (TPSA) is 31.4 Å². The minimum absolute atomic E-state index is 0.922. The molecule has 118 valence electrons. The van der Waals surface area contributed by atoms with Crippen LogP contribution in [-0.2, 0) is 0 Å². The fourth-order valence-electron chi connectivity index (χ4n) is 3.62. The van der Waals surface area contributed by atoms with E-state index in [1.807, 2.05) is 0 Å². The number of hydrogen-bond acceptors (Lipinski definition) is 5. The lowest BCUT2D eigenvalue weighted by Crippen LogP contribution is -2.47. The first-order valence-corrected chi connectivity index (χ1v) is 9.09.